The van der Waals surface area contributed by atoms with Crippen LogP contribution in [0.4, 0.5) is 5.69 Å². The number of benzene rings is 2. The van der Waals surface area contributed by atoms with Crippen LogP contribution in [0.15, 0.2) is 49.2 Å². The van der Waals surface area contributed by atoms with Crippen molar-refractivity contribution in [3.8, 4) is 11.8 Å². The van der Waals surface area contributed by atoms with Gasteiger partial charge in [-0.15, -0.1) is 10.2 Å². The number of halogens is 1. The van der Waals surface area contributed by atoms with Crippen molar-refractivity contribution in [2.45, 2.75) is 38.6 Å². The van der Waals surface area contributed by atoms with E-state index in [1.165, 1.54) is 0 Å². The summed E-state index contributed by atoms with van der Waals surface area (Å²) in [5, 5.41) is 32.9. The highest BCUT2D eigenvalue weighted by atomic mass is 35.5. The van der Waals surface area contributed by atoms with Crippen molar-refractivity contribution >= 4 is 28.2 Å². The average molecular weight is 507 g/mol. The fourth-order valence-corrected chi connectivity index (χ4v) is 4.15. The van der Waals surface area contributed by atoms with E-state index in [-0.39, 0.29) is 0 Å². The Morgan fingerprint density at radius 1 is 1.08 bits per heavy atom. The van der Waals surface area contributed by atoms with Crippen molar-refractivity contribution < 1.29 is 4.74 Å². The number of aromatic nitrogens is 5. The van der Waals surface area contributed by atoms with Gasteiger partial charge in [-0.3, -0.25) is 9.67 Å². The number of aromatic amines is 1. The maximum absolute atomic E-state index is 9.38. The number of hydrogen-bond donors (Lipinski definition) is 3. The lowest BCUT2D eigenvalue weighted by molar-refractivity contribution is 0.140. The van der Waals surface area contributed by atoms with Crippen LogP contribution in [0.1, 0.15) is 37.8 Å². The Kier molecular flexibility index (Phi) is 8.54. The van der Waals surface area contributed by atoms with Crippen molar-refractivity contribution in [1.82, 2.24) is 30.3 Å². The van der Waals surface area contributed by atoms with Gasteiger partial charge < -0.3 is 15.4 Å². The van der Waals surface area contributed by atoms with Gasteiger partial charge in [0.15, 0.2) is 0 Å². The van der Waals surface area contributed by atoms with Crippen LogP contribution in [0.5, 0.6) is 0 Å². The van der Waals surface area contributed by atoms with Crippen LogP contribution in [0.25, 0.3) is 16.6 Å². The van der Waals surface area contributed by atoms with Crippen molar-refractivity contribution in [1.29, 1.82) is 5.26 Å². The van der Waals surface area contributed by atoms with Crippen molar-refractivity contribution in [3.05, 3.63) is 65.3 Å². The Balaban J connectivity index is 1.13. The molecule has 0 radical (unpaired) electrons. The summed E-state index contributed by atoms with van der Waals surface area (Å²) in [5.74, 6) is 0. The van der Waals surface area contributed by atoms with Gasteiger partial charge in [0.05, 0.1) is 35.5 Å². The maximum Gasteiger partial charge on any atom is 0.123 e. The first-order chi connectivity index (χ1) is 17.5. The van der Waals surface area contributed by atoms with Gasteiger partial charge >= 0.3 is 0 Å². The first-order valence-electron chi connectivity index (χ1n) is 12.0. The lowest BCUT2D eigenvalue weighted by Crippen LogP contribution is -2.18. The van der Waals surface area contributed by atoms with Crippen LogP contribution in [0.2, 0.25) is 5.02 Å². The molecule has 0 bridgehead atoms. The third-order valence-corrected chi connectivity index (χ3v) is 6.22. The summed E-state index contributed by atoms with van der Waals surface area (Å²) in [6.07, 6.45) is 7.14. The molecule has 36 heavy (non-hydrogen) atoms. The molecule has 0 fully saturated rings. The van der Waals surface area contributed by atoms with Gasteiger partial charge in [0.1, 0.15) is 12.7 Å². The van der Waals surface area contributed by atoms with Gasteiger partial charge in [0.25, 0.3) is 0 Å². The summed E-state index contributed by atoms with van der Waals surface area (Å²) in [6, 6.07) is 12.3. The number of nitriles is 1. The normalized spacial score (nSPS) is 11.6. The molecular formula is C26H31ClN8O. The SMILES string of the molecule is CC(C)(C#N)c1cc(Cl)cc(CNCCCCOCCNc2cc(-n3cnnc3)cc3[nH]ncc23)c1. The lowest BCUT2D eigenvalue weighted by atomic mass is 9.85. The van der Waals surface area contributed by atoms with Crippen LogP contribution in [-0.4, -0.2) is 51.3 Å². The molecule has 4 aromatic rings. The summed E-state index contributed by atoms with van der Waals surface area (Å²) in [5.41, 5.74) is 4.35. The predicted octanol–water partition coefficient (Wildman–Crippen LogP) is 4.60. The third kappa shape index (κ3) is 6.61. The Hall–Kier alpha value is -3.45. The number of fused-ring (bicyclic) bond motifs is 1. The average Bonchev–Trinajstić information content (AvgIpc) is 3.57. The molecule has 2 aromatic carbocycles. The quantitative estimate of drug-likeness (QED) is 0.227. The van der Waals surface area contributed by atoms with E-state index in [0.29, 0.717) is 24.8 Å². The molecule has 3 N–H and O–H groups in total. The highest BCUT2D eigenvalue weighted by Crippen LogP contribution is 2.27. The lowest BCUT2D eigenvalue weighted by Gasteiger charge is -2.17. The number of nitrogens with zero attached hydrogens (tertiary/aromatic N) is 5. The summed E-state index contributed by atoms with van der Waals surface area (Å²) in [7, 11) is 0. The van der Waals surface area contributed by atoms with Crippen molar-refractivity contribution in [3.63, 3.8) is 0 Å². The molecule has 2 aromatic heterocycles. The number of H-pyrrole nitrogens is 1. The summed E-state index contributed by atoms with van der Waals surface area (Å²) in [4.78, 5) is 0. The standard InChI is InChI=1S/C26H31ClN8O/c1-26(2,16-28)20-9-19(10-21(27)11-20)14-29-5-3-4-7-36-8-6-30-24-12-22(35-17-32-33-18-35)13-25-23(24)15-31-34-25/h9-13,15,17-18,29-30H,3-8,14H2,1-2H3,(H,31,34). The monoisotopic (exact) mass is 506 g/mol. The van der Waals surface area contributed by atoms with Gasteiger partial charge in [-0.1, -0.05) is 17.7 Å². The van der Waals surface area contributed by atoms with E-state index in [1.54, 1.807) is 12.7 Å². The highest BCUT2D eigenvalue weighted by Gasteiger charge is 2.20. The first kappa shape index (κ1) is 25.6. The molecule has 9 nitrogen and oxygen atoms in total. The van der Waals surface area contributed by atoms with Crippen LogP contribution in [0.3, 0.4) is 0 Å². The molecule has 0 aliphatic rings. The Morgan fingerprint density at radius 3 is 2.72 bits per heavy atom. The van der Waals surface area contributed by atoms with Crippen molar-refractivity contribution in [2.24, 2.45) is 0 Å². The number of nitrogens with one attached hydrogen (secondary N) is 3. The molecule has 0 saturated heterocycles. The van der Waals surface area contributed by atoms with Gasteiger partial charge in [-0.2, -0.15) is 10.4 Å². The van der Waals surface area contributed by atoms with E-state index in [2.05, 4.69) is 49.2 Å². The minimum Gasteiger partial charge on any atom is -0.382 e. The maximum atomic E-state index is 9.38. The minimum absolute atomic E-state index is 0.559. The predicted molar refractivity (Wildman–Crippen MR) is 141 cm³/mol. The summed E-state index contributed by atoms with van der Waals surface area (Å²) >= 11 is 6.26. The van der Waals surface area contributed by atoms with E-state index >= 15 is 0 Å². The van der Waals surface area contributed by atoms with Crippen LogP contribution in [0, 0.1) is 11.3 Å². The van der Waals surface area contributed by atoms with E-state index < -0.39 is 5.41 Å². The van der Waals surface area contributed by atoms with Gasteiger partial charge in [0, 0.05) is 35.8 Å². The molecule has 0 aliphatic carbocycles. The number of ether oxygens (including phenoxy) is 1. The minimum atomic E-state index is -0.559. The zero-order valence-electron chi connectivity index (χ0n) is 20.6. The molecule has 0 atom stereocenters. The second kappa shape index (κ2) is 12.0. The fraction of sp³-hybridized carbons (Fsp3) is 0.385. The first-order valence-corrected chi connectivity index (χ1v) is 12.4. The van der Waals surface area contributed by atoms with E-state index in [9.17, 15) is 5.26 Å². The zero-order chi connectivity index (χ0) is 25.4. The second-order valence-corrected chi connectivity index (χ2v) is 9.64. The zero-order valence-corrected chi connectivity index (χ0v) is 21.3. The smallest absolute Gasteiger partial charge is 0.123 e. The van der Waals surface area contributed by atoms with E-state index in [0.717, 1.165) is 59.3 Å². The van der Waals surface area contributed by atoms with Gasteiger partial charge in [-0.25, -0.2) is 0 Å². The molecule has 0 spiro atoms. The second-order valence-electron chi connectivity index (χ2n) is 9.20. The molecule has 0 amide bonds. The number of unbranched alkanes of at least 4 members (excludes halogenated alkanes) is 1. The van der Waals surface area contributed by atoms with E-state index in [1.807, 2.05) is 42.8 Å². The summed E-state index contributed by atoms with van der Waals surface area (Å²) < 4.78 is 7.67. The van der Waals surface area contributed by atoms with E-state index in [4.69, 9.17) is 16.3 Å². The molecule has 188 valence electrons. The molecule has 10 heteroatoms. The van der Waals surface area contributed by atoms with Crippen molar-refractivity contribution in [2.75, 3.05) is 31.6 Å². The van der Waals surface area contributed by atoms with Crippen LogP contribution >= 0.6 is 11.6 Å². The molecule has 0 saturated carbocycles. The molecular weight excluding hydrogens is 476 g/mol. The topological polar surface area (TPSA) is 116 Å². The highest BCUT2D eigenvalue weighted by molar-refractivity contribution is 6.30. The Morgan fingerprint density at radius 2 is 1.92 bits per heavy atom. The number of hydrogen-bond acceptors (Lipinski definition) is 7. The van der Waals surface area contributed by atoms with Gasteiger partial charge in [-0.05, 0) is 68.6 Å². The Bertz CT molecular complexity index is 1310. The summed E-state index contributed by atoms with van der Waals surface area (Å²) in [6.45, 7) is 7.43. The van der Waals surface area contributed by atoms with Crippen LogP contribution in [-0.2, 0) is 16.7 Å². The fourth-order valence-electron chi connectivity index (χ4n) is 3.89. The van der Waals surface area contributed by atoms with Crippen LogP contribution < -0.4 is 10.6 Å². The van der Waals surface area contributed by atoms with Gasteiger partial charge in [0.2, 0.25) is 0 Å². The third-order valence-electron chi connectivity index (χ3n) is 6.00. The Labute approximate surface area is 215 Å². The molecule has 4 rings (SSSR count). The number of rotatable bonds is 13. The molecule has 2 heterocycles. The molecule has 0 aliphatic heterocycles. The largest absolute Gasteiger partial charge is 0.382 e. The molecule has 0 unspecified atom stereocenters. The number of anilines is 1.